The van der Waals surface area contributed by atoms with E-state index in [1.807, 2.05) is 19.2 Å². The molecule has 0 fully saturated rings. The number of benzene rings is 2. The van der Waals surface area contributed by atoms with Crippen molar-refractivity contribution in [2.24, 2.45) is 7.05 Å². The smallest absolute Gasteiger partial charge is 0.255 e. The Labute approximate surface area is 151 Å². The minimum Gasteiger partial charge on any atom is -0.322 e. The predicted molar refractivity (Wildman–Crippen MR) is 98.7 cm³/mol. The lowest BCUT2D eigenvalue weighted by Gasteiger charge is -2.10. The lowest BCUT2D eigenvalue weighted by atomic mass is 10.1. The van der Waals surface area contributed by atoms with Crippen molar-refractivity contribution < 1.29 is 13.2 Å². The number of anilines is 1. The minimum absolute atomic E-state index is 0.117. The van der Waals surface area contributed by atoms with Gasteiger partial charge in [0.2, 0.25) is 0 Å². The average Bonchev–Trinajstić information content (AvgIpc) is 3.01. The van der Waals surface area contributed by atoms with Crippen LogP contribution in [0, 0.1) is 6.92 Å². The maximum atomic E-state index is 12.5. The summed E-state index contributed by atoms with van der Waals surface area (Å²) in [6.07, 6.45) is 2.73. The van der Waals surface area contributed by atoms with E-state index >= 15 is 0 Å². The van der Waals surface area contributed by atoms with Gasteiger partial charge in [0.15, 0.2) is 15.7 Å². The summed E-state index contributed by atoms with van der Waals surface area (Å²) in [6.45, 7) is 1.76. The largest absolute Gasteiger partial charge is 0.322 e. The molecular weight excluding hydrogens is 352 g/mol. The van der Waals surface area contributed by atoms with Crippen molar-refractivity contribution >= 4 is 21.4 Å². The molecule has 0 saturated heterocycles. The van der Waals surface area contributed by atoms with Crippen LogP contribution in [0.3, 0.4) is 0 Å². The molecule has 3 aromatic rings. The zero-order valence-electron chi connectivity index (χ0n) is 14.6. The summed E-state index contributed by atoms with van der Waals surface area (Å²) in [5.74, 6) is 0.360. The van der Waals surface area contributed by atoms with Gasteiger partial charge in [-0.05, 0) is 48.9 Å². The first-order valence-corrected chi connectivity index (χ1v) is 9.71. The molecule has 0 aliphatic carbocycles. The van der Waals surface area contributed by atoms with Gasteiger partial charge in [-0.1, -0.05) is 6.07 Å². The fourth-order valence-electron chi connectivity index (χ4n) is 2.52. The van der Waals surface area contributed by atoms with Crippen LogP contribution >= 0.6 is 0 Å². The van der Waals surface area contributed by atoms with Crippen LogP contribution in [0.15, 0.2) is 53.7 Å². The van der Waals surface area contributed by atoms with E-state index in [9.17, 15) is 13.2 Å². The van der Waals surface area contributed by atoms with Gasteiger partial charge in [0.05, 0.1) is 4.90 Å². The summed E-state index contributed by atoms with van der Waals surface area (Å²) in [5.41, 5.74) is 2.50. The van der Waals surface area contributed by atoms with Gasteiger partial charge in [0.1, 0.15) is 6.33 Å². The van der Waals surface area contributed by atoms with Gasteiger partial charge in [-0.25, -0.2) is 8.42 Å². The number of sulfone groups is 1. The molecule has 1 heterocycles. The van der Waals surface area contributed by atoms with Crippen molar-refractivity contribution in [2.75, 3.05) is 11.6 Å². The van der Waals surface area contributed by atoms with Crippen LogP contribution in [-0.4, -0.2) is 35.3 Å². The molecule has 1 aromatic heterocycles. The van der Waals surface area contributed by atoms with Gasteiger partial charge in [0.25, 0.3) is 5.91 Å². The molecule has 0 unspecified atom stereocenters. The van der Waals surface area contributed by atoms with Gasteiger partial charge >= 0.3 is 0 Å². The van der Waals surface area contributed by atoms with Crippen molar-refractivity contribution in [3.8, 4) is 11.4 Å². The van der Waals surface area contributed by atoms with Gasteiger partial charge in [-0.2, -0.15) is 0 Å². The number of aryl methyl sites for hydroxylation is 2. The maximum absolute atomic E-state index is 12.5. The Morgan fingerprint density at radius 1 is 1.12 bits per heavy atom. The van der Waals surface area contributed by atoms with Gasteiger partial charge in [-0.15, -0.1) is 10.2 Å². The highest BCUT2D eigenvalue weighted by Gasteiger charge is 2.15. The van der Waals surface area contributed by atoms with E-state index in [1.165, 1.54) is 12.1 Å². The molecule has 0 bridgehead atoms. The molecule has 26 heavy (non-hydrogen) atoms. The third-order valence-electron chi connectivity index (χ3n) is 3.99. The lowest BCUT2D eigenvalue weighted by molar-refractivity contribution is 0.102. The normalized spacial score (nSPS) is 11.3. The quantitative estimate of drug-likeness (QED) is 0.761. The molecular formula is C18H18N4O3S. The minimum atomic E-state index is -3.38. The molecule has 8 heteroatoms. The number of nitrogens with zero attached hydrogens (tertiary/aromatic N) is 3. The highest BCUT2D eigenvalue weighted by atomic mass is 32.2. The number of aromatic nitrogens is 3. The Balaban J connectivity index is 1.83. The Morgan fingerprint density at radius 3 is 2.38 bits per heavy atom. The van der Waals surface area contributed by atoms with Gasteiger partial charge < -0.3 is 9.88 Å². The van der Waals surface area contributed by atoms with Crippen molar-refractivity contribution in [1.82, 2.24) is 14.8 Å². The number of carbonyl (C=O) groups excluding carboxylic acids is 1. The average molecular weight is 370 g/mol. The summed E-state index contributed by atoms with van der Waals surface area (Å²) >= 11 is 0. The highest BCUT2D eigenvalue weighted by molar-refractivity contribution is 7.90. The van der Waals surface area contributed by atoms with Crippen LogP contribution < -0.4 is 5.32 Å². The first-order valence-electron chi connectivity index (χ1n) is 7.82. The van der Waals surface area contributed by atoms with E-state index in [0.717, 1.165) is 17.6 Å². The van der Waals surface area contributed by atoms with Crippen LogP contribution in [-0.2, 0) is 16.9 Å². The number of amides is 1. The van der Waals surface area contributed by atoms with Gasteiger partial charge in [-0.3, -0.25) is 4.79 Å². The van der Waals surface area contributed by atoms with E-state index < -0.39 is 9.84 Å². The number of hydrogen-bond acceptors (Lipinski definition) is 5. The van der Waals surface area contributed by atoms with Crippen LogP contribution in [0.25, 0.3) is 11.4 Å². The third-order valence-corrected chi connectivity index (χ3v) is 5.10. The van der Waals surface area contributed by atoms with Crippen LogP contribution in [0.1, 0.15) is 15.9 Å². The van der Waals surface area contributed by atoms with Crippen LogP contribution in [0.5, 0.6) is 0 Å². The first-order chi connectivity index (χ1) is 12.3. The second-order valence-electron chi connectivity index (χ2n) is 6.05. The van der Waals surface area contributed by atoms with Crippen molar-refractivity contribution in [1.29, 1.82) is 0 Å². The molecule has 1 N–H and O–H groups in total. The second kappa shape index (κ2) is 6.72. The van der Waals surface area contributed by atoms with E-state index in [0.29, 0.717) is 16.8 Å². The fraction of sp³-hybridized carbons (Fsp3) is 0.167. The molecule has 0 aliphatic rings. The Hall–Kier alpha value is -3.00. The molecule has 0 saturated carbocycles. The molecule has 1 amide bonds. The SMILES string of the molecule is Cc1ccc(S(C)(=O)=O)cc1C(=O)Nc1ccc(-c2nncn2C)cc1. The van der Waals surface area contributed by atoms with E-state index in [-0.39, 0.29) is 10.8 Å². The molecule has 0 atom stereocenters. The Kier molecular flexibility index (Phi) is 4.60. The number of carbonyl (C=O) groups is 1. The summed E-state index contributed by atoms with van der Waals surface area (Å²) in [4.78, 5) is 12.7. The summed E-state index contributed by atoms with van der Waals surface area (Å²) in [7, 11) is -1.53. The predicted octanol–water partition coefficient (Wildman–Crippen LogP) is 2.45. The fourth-order valence-corrected chi connectivity index (χ4v) is 3.17. The summed E-state index contributed by atoms with van der Waals surface area (Å²) in [6, 6.07) is 11.7. The molecule has 7 nitrogen and oxygen atoms in total. The third kappa shape index (κ3) is 3.65. The van der Waals surface area contributed by atoms with E-state index in [1.54, 1.807) is 36.0 Å². The lowest BCUT2D eigenvalue weighted by Crippen LogP contribution is -2.14. The zero-order chi connectivity index (χ0) is 18.9. The van der Waals surface area contributed by atoms with E-state index in [4.69, 9.17) is 0 Å². The number of rotatable bonds is 4. The summed E-state index contributed by atoms with van der Waals surface area (Å²) < 4.78 is 25.2. The Bertz CT molecular complexity index is 1070. The monoisotopic (exact) mass is 370 g/mol. The molecule has 0 aliphatic heterocycles. The van der Waals surface area contributed by atoms with Gasteiger partial charge in [0, 0.05) is 30.1 Å². The first kappa shape index (κ1) is 17.8. The molecule has 0 radical (unpaired) electrons. The number of nitrogens with one attached hydrogen (secondary N) is 1. The molecule has 2 aromatic carbocycles. The molecule has 0 spiro atoms. The number of hydrogen-bond donors (Lipinski definition) is 1. The van der Waals surface area contributed by atoms with Crippen LogP contribution in [0.2, 0.25) is 0 Å². The standard InChI is InChI=1S/C18H18N4O3S/c1-12-4-9-15(26(3,24)25)10-16(12)18(23)20-14-7-5-13(6-8-14)17-21-19-11-22(17)2/h4-11H,1-3H3,(H,20,23). The van der Waals surface area contributed by atoms with E-state index in [2.05, 4.69) is 15.5 Å². The summed E-state index contributed by atoms with van der Waals surface area (Å²) in [5, 5.41) is 10.7. The Morgan fingerprint density at radius 2 is 1.81 bits per heavy atom. The molecule has 3 rings (SSSR count). The molecule has 134 valence electrons. The van der Waals surface area contributed by atoms with Crippen molar-refractivity contribution in [2.45, 2.75) is 11.8 Å². The zero-order valence-corrected chi connectivity index (χ0v) is 15.4. The van der Waals surface area contributed by atoms with Crippen molar-refractivity contribution in [3.63, 3.8) is 0 Å². The second-order valence-corrected chi connectivity index (χ2v) is 8.06. The van der Waals surface area contributed by atoms with Crippen molar-refractivity contribution in [3.05, 3.63) is 59.9 Å². The highest BCUT2D eigenvalue weighted by Crippen LogP contribution is 2.21. The topological polar surface area (TPSA) is 93.9 Å². The maximum Gasteiger partial charge on any atom is 0.255 e. The van der Waals surface area contributed by atoms with Crippen LogP contribution in [0.4, 0.5) is 5.69 Å².